The summed E-state index contributed by atoms with van der Waals surface area (Å²) in [4.78, 5) is 21.9. The van der Waals surface area contributed by atoms with E-state index < -0.39 is 0 Å². The van der Waals surface area contributed by atoms with Crippen molar-refractivity contribution in [1.82, 2.24) is 9.88 Å². The van der Waals surface area contributed by atoms with Crippen LogP contribution in [0.4, 0.5) is 10.1 Å². The molecule has 1 aliphatic heterocycles. The van der Waals surface area contributed by atoms with Crippen molar-refractivity contribution in [2.45, 2.75) is 6.42 Å². The number of ether oxygens (including phenoxy) is 1. The van der Waals surface area contributed by atoms with E-state index in [1.165, 1.54) is 17.4 Å². The van der Waals surface area contributed by atoms with Gasteiger partial charge in [-0.05, 0) is 42.8 Å². The lowest BCUT2D eigenvalue weighted by Crippen LogP contribution is -2.34. The molecule has 1 amide bonds. The van der Waals surface area contributed by atoms with E-state index in [2.05, 4.69) is 9.88 Å². The van der Waals surface area contributed by atoms with Crippen LogP contribution in [-0.2, 0) is 0 Å². The Balaban J connectivity index is 1.44. The number of anilines is 1. The largest absolute Gasteiger partial charge is 0.497 e. The molecule has 0 atom stereocenters. The molecule has 5 nitrogen and oxygen atoms in total. The Morgan fingerprint density at radius 1 is 1.07 bits per heavy atom. The highest BCUT2D eigenvalue weighted by atomic mass is 32.1. The van der Waals surface area contributed by atoms with Crippen molar-refractivity contribution in [3.05, 3.63) is 65.4 Å². The maximum Gasteiger partial charge on any atom is 0.265 e. The molecule has 0 spiro atoms. The van der Waals surface area contributed by atoms with Gasteiger partial charge in [0.25, 0.3) is 5.91 Å². The zero-order valence-corrected chi connectivity index (χ0v) is 17.0. The van der Waals surface area contributed by atoms with E-state index in [-0.39, 0.29) is 11.7 Å². The maximum absolute atomic E-state index is 14.0. The molecule has 1 aliphatic rings. The van der Waals surface area contributed by atoms with Crippen LogP contribution in [0.5, 0.6) is 5.75 Å². The number of nitrogens with zero attached hydrogens (tertiary/aromatic N) is 3. The predicted molar refractivity (Wildman–Crippen MR) is 113 cm³/mol. The van der Waals surface area contributed by atoms with Crippen LogP contribution in [0.25, 0.3) is 10.6 Å². The highest BCUT2D eigenvalue weighted by Crippen LogP contribution is 2.28. The molecular weight excluding hydrogens is 389 g/mol. The SMILES string of the molecule is COc1ccc(N2CCCN(C(=O)c3cnc(-c4ccccc4F)s3)CC2)cc1. The lowest BCUT2D eigenvalue weighted by atomic mass is 10.2. The molecule has 150 valence electrons. The van der Waals surface area contributed by atoms with Gasteiger partial charge in [0, 0.05) is 37.4 Å². The summed E-state index contributed by atoms with van der Waals surface area (Å²) in [6.45, 7) is 2.98. The Bertz CT molecular complexity index is 990. The standard InChI is InChI=1S/C22H22FN3O2S/c1-28-17-9-7-16(8-10-17)25-11-4-12-26(14-13-25)22(27)20-15-24-21(29-20)18-5-2-3-6-19(18)23/h2-3,5-10,15H,4,11-14H2,1H3. The first-order chi connectivity index (χ1) is 14.2. The number of halogens is 1. The van der Waals surface area contributed by atoms with Crippen LogP contribution in [0.3, 0.4) is 0 Å². The Labute approximate surface area is 173 Å². The van der Waals surface area contributed by atoms with Gasteiger partial charge in [-0.2, -0.15) is 0 Å². The quantitative estimate of drug-likeness (QED) is 0.642. The summed E-state index contributed by atoms with van der Waals surface area (Å²) < 4.78 is 19.2. The van der Waals surface area contributed by atoms with Crippen molar-refractivity contribution in [3.63, 3.8) is 0 Å². The van der Waals surface area contributed by atoms with Gasteiger partial charge in [0.15, 0.2) is 0 Å². The normalized spacial score (nSPS) is 14.6. The number of methoxy groups -OCH3 is 1. The second kappa shape index (κ2) is 8.61. The molecule has 7 heteroatoms. The third-order valence-corrected chi connectivity index (χ3v) is 6.06. The van der Waals surface area contributed by atoms with Gasteiger partial charge in [-0.1, -0.05) is 12.1 Å². The zero-order chi connectivity index (χ0) is 20.2. The van der Waals surface area contributed by atoms with E-state index in [9.17, 15) is 9.18 Å². The minimum atomic E-state index is -0.328. The summed E-state index contributed by atoms with van der Waals surface area (Å²) in [5.74, 6) is 0.462. The first-order valence-electron chi connectivity index (χ1n) is 9.55. The molecule has 1 aromatic heterocycles. The molecule has 0 unspecified atom stereocenters. The van der Waals surface area contributed by atoms with Crippen LogP contribution in [0.2, 0.25) is 0 Å². The van der Waals surface area contributed by atoms with Crippen molar-refractivity contribution >= 4 is 22.9 Å². The second-order valence-electron chi connectivity index (χ2n) is 6.84. The summed E-state index contributed by atoms with van der Waals surface area (Å²) in [5, 5.41) is 0.529. The molecule has 1 fully saturated rings. The third-order valence-electron chi connectivity index (χ3n) is 5.04. The number of carbonyl (C=O) groups excluding carboxylic acids is 1. The minimum Gasteiger partial charge on any atom is -0.497 e. The molecule has 0 aliphatic carbocycles. The van der Waals surface area contributed by atoms with Gasteiger partial charge in [-0.25, -0.2) is 9.37 Å². The van der Waals surface area contributed by atoms with Crippen molar-refractivity contribution in [3.8, 4) is 16.3 Å². The first kappa shape index (κ1) is 19.4. The Morgan fingerprint density at radius 3 is 2.62 bits per heavy atom. The topological polar surface area (TPSA) is 45.7 Å². The van der Waals surface area contributed by atoms with E-state index in [4.69, 9.17) is 4.74 Å². The second-order valence-corrected chi connectivity index (χ2v) is 7.87. The number of hydrogen-bond acceptors (Lipinski definition) is 5. The van der Waals surface area contributed by atoms with Crippen molar-refractivity contribution < 1.29 is 13.9 Å². The molecular formula is C22H22FN3O2S. The van der Waals surface area contributed by atoms with E-state index >= 15 is 0 Å². The fourth-order valence-corrected chi connectivity index (χ4v) is 4.37. The highest BCUT2D eigenvalue weighted by molar-refractivity contribution is 7.16. The highest BCUT2D eigenvalue weighted by Gasteiger charge is 2.23. The minimum absolute atomic E-state index is 0.0401. The number of carbonyl (C=O) groups is 1. The monoisotopic (exact) mass is 411 g/mol. The molecule has 0 saturated carbocycles. The number of aromatic nitrogens is 1. The number of benzene rings is 2. The van der Waals surface area contributed by atoms with Crippen molar-refractivity contribution in [2.24, 2.45) is 0 Å². The molecule has 0 radical (unpaired) electrons. The van der Waals surface area contributed by atoms with Gasteiger partial charge in [-0.3, -0.25) is 4.79 Å². The van der Waals surface area contributed by atoms with Crippen LogP contribution in [0.15, 0.2) is 54.7 Å². The fourth-order valence-electron chi connectivity index (χ4n) is 3.46. The zero-order valence-electron chi connectivity index (χ0n) is 16.2. The molecule has 2 heterocycles. The Morgan fingerprint density at radius 2 is 1.86 bits per heavy atom. The predicted octanol–water partition coefficient (Wildman–Crippen LogP) is 4.31. The average molecular weight is 412 g/mol. The number of rotatable bonds is 4. The molecule has 1 saturated heterocycles. The summed E-state index contributed by atoms with van der Waals surface area (Å²) in [6.07, 6.45) is 2.44. The van der Waals surface area contributed by atoms with Crippen molar-refractivity contribution in [2.75, 3.05) is 38.2 Å². The summed E-state index contributed by atoms with van der Waals surface area (Å²) in [7, 11) is 1.65. The molecule has 29 heavy (non-hydrogen) atoms. The van der Waals surface area contributed by atoms with Crippen LogP contribution in [0, 0.1) is 5.82 Å². The summed E-state index contributed by atoms with van der Waals surface area (Å²) in [5.41, 5.74) is 1.55. The first-order valence-corrected chi connectivity index (χ1v) is 10.4. The maximum atomic E-state index is 14.0. The Kier molecular flexibility index (Phi) is 5.76. The van der Waals surface area contributed by atoms with E-state index in [0.29, 0.717) is 28.5 Å². The van der Waals surface area contributed by atoms with Crippen LogP contribution in [0.1, 0.15) is 16.1 Å². The van der Waals surface area contributed by atoms with Crippen LogP contribution in [-0.4, -0.2) is 49.1 Å². The smallest absolute Gasteiger partial charge is 0.265 e. The van der Waals surface area contributed by atoms with Crippen LogP contribution < -0.4 is 9.64 Å². The van der Waals surface area contributed by atoms with E-state index in [0.717, 1.165) is 30.9 Å². The van der Waals surface area contributed by atoms with Gasteiger partial charge >= 0.3 is 0 Å². The average Bonchev–Trinajstić information content (AvgIpc) is 3.11. The fraction of sp³-hybridized carbons (Fsp3) is 0.273. The molecule has 4 rings (SSSR count). The molecule has 0 bridgehead atoms. The van der Waals surface area contributed by atoms with E-state index in [1.54, 1.807) is 31.5 Å². The van der Waals surface area contributed by atoms with Gasteiger partial charge in [-0.15, -0.1) is 11.3 Å². The third kappa shape index (κ3) is 4.24. The molecule has 0 N–H and O–H groups in total. The number of amides is 1. The van der Waals surface area contributed by atoms with Gasteiger partial charge < -0.3 is 14.5 Å². The molecule has 2 aromatic carbocycles. The lowest BCUT2D eigenvalue weighted by molar-refractivity contribution is 0.0771. The lowest BCUT2D eigenvalue weighted by Gasteiger charge is -2.23. The van der Waals surface area contributed by atoms with Gasteiger partial charge in [0.05, 0.1) is 13.3 Å². The summed E-state index contributed by atoms with van der Waals surface area (Å²) >= 11 is 1.24. The summed E-state index contributed by atoms with van der Waals surface area (Å²) in [6, 6.07) is 14.5. The van der Waals surface area contributed by atoms with Gasteiger partial charge in [0.1, 0.15) is 21.5 Å². The van der Waals surface area contributed by atoms with E-state index in [1.807, 2.05) is 29.2 Å². The number of hydrogen-bond donors (Lipinski definition) is 0. The van der Waals surface area contributed by atoms with Gasteiger partial charge in [0.2, 0.25) is 0 Å². The molecule has 3 aromatic rings. The number of thiazole rings is 1. The Hall–Kier alpha value is -2.93. The van der Waals surface area contributed by atoms with Crippen LogP contribution >= 0.6 is 11.3 Å². The van der Waals surface area contributed by atoms with Crippen molar-refractivity contribution in [1.29, 1.82) is 0 Å².